The van der Waals surface area contributed by atoms with E-state index in [4.69, 9.17) is 21.1 Å². The Kier molecular flexibility index (Phi) is 7.91. The summed E-state index contributed by atoms with van der Waals surface area (Å²) in [5, 5.41) is 3.16. The summed E-state index contributed by atoms with van der Waals surface area (Å²) in [7, 11) is 4.82. The van der Waals surface area contributed by atoms with Gasteiger partial charge in [-0.1, -0.05) is 49.7 Å². The number of nitrogens with zero attached hydrogens (tertiary/aromatic N) is 1. The number of halogens is 1. The molecule has 0 aliphatic carbocycles. The molecule has 0 aromatic heterocycles. The monoisotopic (exact) mass is 418 g/mol. The molecule has 0 bridgehead atoms. The zero-order valence-electron chi connectivity index (χ0n) is 17.4. The zero-order valence-corrected chi connectivity index (χ0v) is 18.1. The third-order valence-corrected chi connectivity index (χ3v) is 4.94. The number of nitrogens with one attached hydrogen (secondary N) is 1. The van der Waals surface area contributed by atoms with E-state index in [9.17, 15) is 9.59 Å². The van der Waals surface area contributed by atoms with Crippen molar-refractivity contribution in [3.05, 3.63) is 58.6 Å². The van der Waals surface area contributed by atoms with Crippen molar-refractivity contribution in [2.24, 2.45) is 5.92 Å². The fraction of sp³-hybridized carbons (Fsp3) is 0.364. The maximum atomic E-state index is 13.1. The Morgan fingerprint density at radius 2 is 1.76 bits per heavy atom. The number of para-hydroxylation sites is 1. The second-order valence-corrected chi connectivity index (χ2v) is 7.43. The molecule has 0 aliphatic rings. The van der Waals surface area contributed by atoms with Gasteiger partial charge in [-0.15, -0.1) is 0 Å². The predicted octanol–water partition coefficient (Wildman–Crippen LogP) is 3.77. The van der Waals surface area contributed by atoms with Crippen molar-refractivity contribution >= 4 is 23.4 Å². The Bertz CT molecular complexity index is 870. The minimum atomic E-state index is -0.694. The lowest BCUT2D eigenvalue weighted by Gasteiger charge is -2.28. The third-order valence-electron chi connectivity index (χ3n) is 4.61. The van der Waals surface area contributed by atoms with Crippen molar-refractivity contribution in [1.29, 1.82) is 0 Å². The molecule has 1 atom stereocenters. The summed E-state index contributed by atoms with van der Waals surface area (Å²) in [6, 6.07) is 11.6. The molecule has 0 saturated heterocycles. The van der Waals surface area contributed by atoms with Gasteiger partial charge in [-0.3, -0.25) is 9.59 Å². The molecule has 1 unspecified atom stereocenters. The molecule has 2 aromatic carbocycles. The SMILES string of the molecule is COc1cccc(CN(C)C(=O)C(NC(=O)c2ccccc2Cl)C(C)C)c1OC. The quantitative estimate of drug-likeness (QED) is 0.708. The summed E-state index contributed by atoms with van der Waals surface area (Å²) in [4.78, 5) is 27.3. The van der Waals surface area contributed by atoms with E-state index in [2.05, 4.69) is 5.32 Å². The number of hydrogen-bond donors (Lipinski definition) is 1. The van der Waals surface area contributed by atoms with E-state index in [-0.39, 0.29) is 17.7 Å². The minimum Gasteiger partial charge on any atom is -0.493 e. The van der Waals surface area contributed by atoms with Crippen LogP contribution < -0.4 is 14.8 Å². The normalized spacial score (nSPS) is 11.7. The highest BCUT2D eigenvalue weighted by Crippen LogP contribution is 2.31. The van der Waals surface area contributed by atoms with Crippen LogP contribution >= 0.6 is 11.6 Å². The van der Waals surface area contributed by atoms with E-state index in [1.807, 2.05) is 26.0 Å². The van der Waals surface area contributed by atoms with Gasteiger partial charge in [-0.2, -0.15) is 0 Å². The van der Waals surface area contributed by atoms with Crippen LogP contribution in [-0.4, -0.2) is 44.0 Å². The Hall–Kier alpha value is -2.73. The highest BCUT2D eigenvalue weighted by atomic mass is 35.5. The molecular weight excluding hydrogens is 392 g/mol. The van der Waals surface area contributed by atoms with Crippen LogP contribution in [0.2, 0.25) is 5.02 Å². The van der Waals surface area contributed by atoms with E-state index in [0.29, 0.717) is 28.6 Å². The van der Waals surface area contributed by atoms with E-state index in [0.717, 1.165) is 5.56 Å². The zero-order chi connectivity index (χ0) is 21.6. The Morgan fingerprint density at radius 1 is 1.07 bits per heavy atom. The lowest BCUT2D eigenvalue weighted by Crippen LogP contribution is -2.50. The molecule has 29 heavy (non-hydrogen) atoms. The summed E-state index contributed by atoms with van der Waals surface area (Å²) in [6.07, 6.45) is 0. The summed E-state index contributed by atoms with van der Waals surface area (Å²) >= 11 is 6.11. The van der Waals surface area contributed by atoms with Crippen LogP contribution in [0, 0.1) is 5.92 Å². The molecule has 2 aromatic rings. The third kappa shape index (κ3) is 5.41. The average molecular weight is 419 g/mol. The van der Waals surface area contributed by atoms with Crippen LogP contribution in [0.1, 0.15) is 29.8 Å². The largest absolute Gasteiger partial charge is 0.493 e. The number of methoxy groups -OCH3 is 2. The second-order valence-electron chi connectivity index (χ2n) is 7.02. The van der Waals surface area contributed by atoms with Gasteiger partial charge in [0.1, 0.15) is 6.04 Å². The van der Waals surface area contributed by atoms with Crippen LogP contribution in [0.3, 0.4) is 0 Å². The second kappa shape index (κ2) is 10.2. The first-order chi connectivity index (χ1) is 13.8. The number of likely N-dealkylation sites (N-methyl/N-ethyl adjacent to an activating group) is 1. The van der Waals surface area contributed by atoms with Gasteiger partial charge in [0.2, 0.25) is 5.91 Å². The highest BCUT2D eigenvalue weighted by Gasteiger charge is 2.28. The first-order valence-electron chi connectivity index (χ1n) is 9.30. The maximum Gasteiger partial charge on any atom is 0.253 e. The smallest absolute Gasteiger partial charge is 0.253 e. The maximum absolute atomic E-state index is 13.1. The van der Waals surface area contributed by atoms with Crippen molar-refractivity contribution < 1.29 is 19.1 Å². The van der Waals surface area contributed by atoms with Gasteiger partial charge in [0.15, 0.2) is 11.5 Å². The number of benzene rings is 2. The Labute approximate surface area is 176 Å². The van der Waals surface area contributed by atoms with Gasteiger partial charge >= 0.3 is 0 Å². The first kappa shape index (κ1) is 22.6. The number of ether oxygens (including phenoxy) is 2. The molecular formula is C22H27ClN2O4. The lowest BCUT2D eigenvalue weighted by atomic mass is 10.0. The van der Waals surface area contributed by atoms with Crippen molar-refractivity contribution in [1.82, 2.24) is 10.2 Å². The molecule has 0 radical (unpaired) electrons. The highest BCUT2D eigenvalue weighted by molar-refractivity contribution is 6.33. The van der Waals surface area contributed by atoms with Gasteiger partial charge in [0.25, 0.3) is 5.91 Å². The Balaban J connectivity index is 2.19. The van der Waals surface area contributed by atoms with Gasteiger partial charge in [0.05, 0.1) is 24.8 Å². The molecule has 0 saturated carbocycles. The van der Waals surface area contributed by atoms with Crippen molar-refractivity contribution in [3.63, 3.8) is 0 Å². The summed E-state index contributed by atoms with van der Waals surface area (Å²) in [5.41, 5.74) is 1.15. The molecule has 156 valence electrons. The summed E-state index contributed by atoms with van der Waals surface area (Å²) in [5.74, 6) is 0.484. The van der Waals surface area contributed by atoms with Crippen molar-refractivity contribution in [2.45, 2.75) is 26.4 Å². The molecule has 1 N–H and O–H groups in total. The summed E-state index contributed by atoms with van der Waals surface area (Å²) < 4.78 is 10.8. The lowest BCUT2D eigenvalue weighted by molar-refractivity contribution is -0.133. The molecule has 7 heteroatoms. The number of carbonyl (C=O) groups excluding carboxylic acids is 2. The minimum absolute atomic E-state index is 0.108. The molecule has 0 spiro atoms. The molecule has 2 rings (SSSR count). The van der Waals surface area contributed by atoms with E-state index < -0.39 is 6.04 Å². The van der Waals surface area contributed by atoms with Gasteiger partial charge < -0.3 is 19.7 Å². The summed E-state index contributed by atoms with van der Waals surface area (Å²) in [6.45, 7) is 4.08. The Morgan fingerprint density at radius 3 is 2.34 bits per heavy atom. The van der Waals surface area contributed by atoms with Crippen LogP contribution in [0.15, 0.2) is 42.5 Å². The van der Waals surface area contributed by atoms with Crippen LogP contribution in [0.4, 0.5) is 0 Å². The average Bonchev–Trinajstić information content (AvgIpc) is 2.71. The van der Waals surface area contributed by atoms with Gasteiger partial charge in [-0.05, 0) is 24.1 Å². The fourth-order valence-corrected chi connectivity index (χ4v) is 3.25. The number of rotatable bonds is 8. The number of carbonyl (C=O) groups is 2. The van der Waals surface area contributed by atoms with Gasteiger partial charge in [-0.25, -0.2) is 0 Å². The topological polar surface area (TPSA) is 67.9 Å². The predicted molar refractivity (Wildman–Crippen MR) is 114 cm³/mol. The van der Waals surface area contributed by atoms with E-state index in [1.54, 1.807) is 56.5 Å². The van der Waals surface area contributed by atoms with Crippen LogP contribution in [-0.2, 0) is 11.3 Å². The van der Waals surface area contributed by atoms with Crippen molar-refractivity contribution in [3.8, 4) is 11.5 Å². The standard InChI is InChI=1S/C22H27ClN2O4/c1-14(2)19(24-21(26)16-10-6-7-11-17(16)23)22(27)25(3)13-15-9-8-12-18(28-4)20(15)29-5/h6-12,14,19H,13H2,1-5H3,(H,24,26). The molecule has 0 fully saturated rings. The first-order valence-corrected chi connectivity index (χ1v) is 9.68. The van der Waals surface area contributed by atoms with Crippen molar-refractivity contribution in [2.75, 3.05) is 21.3 Å². The van der Waals surface area contributed by atoms with Gasteiger partial charge in [0, 0.05) is 19.2 Å². The van der Waals surface area contributed by atoms with E-state index in [1.165, 1.54) is 0 Å². The number of hydrogen-bond acceptors (Lipinski definition) is 4. The van der Waals surface area contributed by atoms with Crippen LogP contribution in [0.25, 0.3) is 0 Å². The van der Waals surface area contributed by atoms with E-state index >= 15 is 0 Å². The number of amides is 2. The van der Waals surface area contributed by atoms with Crippen LogP contribution in [0.5, 0.6) is 11.5 Å². The molecule has 6 nitrogen and oxygen atoms in total. The molecule has 0 heterocycles. The molecule has 2 amide bonds. The fourth-order valence-electron chi connectivity index (χ4n) is 3.03. The molecule has 0 aliphatic heterocycles.